The molecule has 0 bridgehead atoms. The summed E-state index contributed by atoms with van der Waals surface area (Å²) in [6, 6.07) is 3.86. The van der Waals surface area contributed by atoms with Crippen molar-refractivity contribution in [3.63, 3.8) is 0 Å². The van der Waals surface area contributed by atoms with Crippen molar-refractivity contribution in [2.75, 3.05) is 67.2 Å². The fraction of sp³-hybridized carbons (Fsp3) is 0.514. The van der Waals surface area contributed by atoms with E-state index < -0.39 is 0 Å². The summed E-state index contributed by atoms with van der Waals surface area (Å²) in [5.41, 5.74) is 37.0. The summed E-state index contributed by atoms with van der Waals surface area (Å²) in [6.45, 7) is 11.5. The van der Waals surface area contributed by atoms with Crippen LogP contribution in [0.1, 0.15) is 45.2 Å². The molecule has 4 aromatic heterocycles. The maximum Gasteiger partial charge on any atom is -0.197 e. The number of rotatable bonds is 5. The van der Waals surface area contributed by atoms with Gasteiger partial charge in [0.1, 0.15) is 27.5 Å². The Hall–Kier alpha value is 1.62. The zero-order chi connectivity index (χ0) is 45.6. The summed E-state index contributed by atoms with van der Waals surface area (Å²) in [6.07, 6.45) is 11.3. The first-order valence-electron chi connectivity index (χ1n) is 19.2. The van der Waals surface area contributed by atoms with Crippen molar-refractivity contribution >= 4 is 201 Å². The molecule has 65 heavy (non-hydrogen) atoms. The molecule has 4 aliphatic heterocycles. The standard InChI is InChI=1S/C18H24ClN7OS.C10H10ClN5S.C9H18N2O.I3.I2.HI.2H2S/c1-10-14(20)18(9-27-10)3-6-26(7-4-18)12-8-24-17(16(22)25-12)28-11-2-5-23-15(21)13(11)19;1-5-4-15-10(9(13)16-5)17-6-2-3-14-8(12)7(6)11;1-7-8(10)9(6-12-7)2-4-11-5-3-9;1-3-2;1-2;;;/h2,5,8,10,14H,3-4,6-7,9,20H2,1H3,(H2,21,23)(H2,22,25);2-4H,1H3,(H2,12,14)(H2,13,16);7-8,11H,2-6,10H2,1H3;;;1H;2*1H2/q;;;-1;;;;/t10-,14+;;7-,8+;;;;;/m0.0...../s1. The van der Waals surface area contributed by atoms with Crippen LogP contribution in [0, 0.1) is 17.8 Å². The Morgan fingerprint density at radius 2 is 1.14 bits per heavy atom. The predicted molar refractivity (Wildman–Crippen MR) is 321 cm³/mol. The molecule has 0 aromatic carbocycles. The summed E-state index contributed by atoms with van der Waals surface area (Å²) in [5.74, 6) is 2.08. The molecule has 13 N–H and O–H groups in total. The average molecular weight is 1690 g/mol. The first-order valence-corrected chi connectivity index (χ1v) is 40.5. The van der Waals surface area contributed by atoms with E-state index in [1.54, 1.807) is 36.9 Å². The largest absolute Gasteiger partial charge is 0.197 e. The molecule has 8 rings (SSSR count). The minimum absolute atomic E-state index is 0. The number of pyridine rings is 2. The van der Waals surface area contributed by atoms with E-state index in [1.807, 2.05) is 6.92 Å². The Kier molecular flexibility index (Phi) is 31.8. The number of halogens is 8. The van der Waals surface area contributed by atoms with Crippen LogP contribution in [0.2, 0.25) is 10.0 Å². The van der Waals surface area contributed by atoms with E-state index in [2.05, 4.69) is 128 Å². The fourth-order valence-corrected chi connectivity index (χ4v) is 9.51. The van der Waals surface area contributed by atoms with Gasteiger partial charge >= 0.3 is 50.5 Å². The molecule has 4 fully saturated rings. The van der Waals surface area contributed by atoms with Crippen molar-refractivity contribution in [2.24, 2.45) is 22.3 Å². The molecule has 16 nitrogen and oxygen atoms in total. The van der Waals surface area contributed by atoms with Crippen LogP contribution in [0.25, 0.3) is 0 Å². The molecule has 4 aromatic rings. The minimum Gasteiger partial charge on any atom is -0.197 e. The predicted octanol–water partition coefficient (Wildman–Crippen LogP) is 5.81. The number of piperidine rings is 2. The molecule has 4 aliphatic rings. The molecule has 8 heterocycles. The third kappa shape index (κ3) is 18.0. The van der Waals surface area contributed by atoms with Gasteiger partial charge in [0.15, 0.2) is 11.6 Å². The van der Waals surface area contributed by atoms with E-state index in [0.717, 1.165) is 73.5 Å². The number of anilines is 5. The van der Waals surface area contributed by atoms with Gasteiger partial charge in [-0.1, -0.05) is 46.7 Å². The Morgan fingerprint density at radius 1 is 0.723 bits per heavy atom. The number of nitrogens with one attached hydrogen (secondary N) is 1. The number of hydrogen-bond donors (Lipinski definition) is 7. The molecular weight excluding hydrogens is 1630 g/mol. The van der Waals surface area contributed by atoms with Gasteiger partial charge in [-0.2, -0.15) is 27.0 Å². The summed E-state index contributed by atoms with van der Waals surface area (Å²) < 4.78 is 11.4. The van der Waals surface area contributed by atoms with Gasteiger partial charge in [0.25, 0.3) is 0 Å². The molecule has 0 radical (unpaired) electrons. The first kappa shape index (κ1) is 64.6. The minimum atomic E-state index is 0. The SMILES string of the molecule is C[C@@H]1OCC2(CCN(c3cnc(Sc4ccnc(N)c4Cl)c(N)n3)CC2)[C@@H]1N.C[C@@H]1OCC2(CCNCC2)[C@@H]1N.Cc1cnc(Sc2ccnc(N)c2Cl)c(N)n1.I.II.I[I-]I.S.S. The van der Waals surface area contributed by atoms with Crippen molar-refractivity contribution in [3.8, 4) is 0 Å². The smallest absolute Gasteiger partial charge is 0.197 e. The second-order valence-electron chi connectivity index (χ2n) is 14.9. The normalized spacial score (nSPS) is 21.0. The molecular formula is C37H57Cl2I6N14O2S4-. The van der Waals surface area contributed by atoms with Crippen molar-refractivity contribution in [1.82, 2.24) is 35.2 Å². The van der Waals surface area contributed by atoms with Gasteiger partial charge in [0, 0.05) is 102 Å². The van der Waals surface area contributed by atoms with E-state index in [-0.39, 0.29) is 92.3 Å². The molecule has 368 valence electrons. The van der Waals surface area contributed by atoms with E-state index in [1.165, 1.54) is 36.4 Å². The molecule has 4 atom stereocenters. The molecule has 4 saturated heterocycles. The Labute approximate surface area is 484 Å². The van der Waals surface area contributed by atoms with Crippen molar-refractivity contribution in [1.29, 1.82) is 0 Å². The maximum absolute atomic E-state index is 6.39. The van der Waals surface area contributed by atoms with Gasteiger partial charge in [-0.25, -0.2) is 29.9 Å². The van der Waals surface area contributed by atoms with E-state index in [9.17, 15) is 0 Å². The monoisotopic (exact) mass is 1690 g/mol. The van der Waals surface area contributed by atoms with E-state index >= 15 is 0 Å². The average Bonchev–Trinajstić information content (AvgIpc) is 3.69. The van der Waals surface area contributed by atoms with Crippen LogP contribution in [0.15, 0.2) is 56.8 Å². The number of nitrogens with zero attached hydrogens (tertiary/aromatic N) is 7. The van der Waals surface area contributed by atoms with Crippen LogP contribution in [0.4, 0.5) is 29.1 Å². The van der Waals surface area contributed by atoms with Crippen LogP contribution < -0.4 is 57.9 Å². The summed E-state index contributed by atoms with van der Waals surface area (Å²) in [5, 5.41) is 5.34. The third-order valence-corrected chi connectivity index (χ3v) is 14.3. The van der Waals surface area contributed by atoms with Gasteiger partial charge in [-0.05, 0) is 71.7 Å². The van der Waals surface area contributed by atoms with Crippen molar-refractivity contribution in [2.45, 2.75) is 90.6 Å². The number of nitrogens with two attached hydrogens (primary N) is 6. The second kappa shape index (κ2) is 31.9. The molecule has 0 aliphatic carbocycles. The number of hydrogen-bond acceptors (Lipinski definition) is 18. The number of aryl methyl sites for hydroxylation is 1. The Balaban J connectivity index is 0.000000490. The zero-order valence-electron chi connectivity index (χ0n) is 35.6. The summed E-state index contributed by atoms with van der Waals surface area (Å²) in [7, 11) is 0. The first-order chi connectivity index (χ1) is 29.6. The van der Waals surface area contributed by atoms with Crippen LogP contribution >= 0.6 is 172 Å². The number of ether oxygens (including phenoxy) is 2. The summed E-state index contributed by atoms with van der Waals surface area (Å²) in [4.78, 5) is 28.9. The molecule has 0 unspecified atom stereocenters. The van der Waals surface area contributed by atoms with Crippen molar-refractivity contribution in [3.05, 3.63) is 52.7 Å². The van der Waals surface area contributed by atoms with Crippen LogP contribution in [-0.4, -0.2) is 93.6 Å². The topological polar surface area (TPSA) is 267 Å². The van der Waals surface area contributed by atoms with Gasteiger partial charge < -0.3 is 54.1 Å². The second-order valence-corrected chi connectivity index (χ2v) is 34.0. The van der Waals surface area contributed by atoms with Gasteiger partial charge in [-0.3, -0.25) is 0 Å². The van der Waals surface area contributed by atoms with Crippen LogP contribution in [0.5, 0.6) is 0 Å². The van der Waals surface area contributed by atoms with Gasteiger partial charge in [-0.15, -0.1) is 24.0 Å². The molecule has 2 spiro atoms. The Bertz CT molecular complexity index is 2050. The third-order valence-electron chi connectivity index (χ3n) is 11.2. The Morgan fingerprint density at radius 3 is 1.54 bits per heavy atom. The fourth-order valence-electron chi connectivity index (χ4n) is 7.48. The summed E-state index contributed by atoms with van der Waals surface area (Å²) >= 11 is 24.4. The van der Waals surface area contributed by atoms with E-state index in [0.29, 0.717) is 50.4 Å². The van der Waals surface area contributed by atoms with Crippen LogP contribution in [0.3, 0.4) is 0 Å². The zero-order valence-corrected chi connectivity index (χ0v) is 53.9. The van der Waals surface area contributed by atoms with Gasteiger partial charge in [0.05, 0.1) is 47.4 Å². The quantitative estimate of drug-likeness (QED) is 0.116. The number of aromatic nitrogens is 6. The maximum atomic E-state index is 6.39. The molecule has 0 saturated carbocycles. The van der Waals surface area contributed by atoms with Crippen molar-refractivity contribution < 1.29 is 22.7 Å². The van der Waals surface area contributed by atoms with Crippen LogP contribution in [-0.2, 0) is 9.47 Å². The van der Waals surface area contributed by atoms with E-state index in [4.69, 9.17) is 67.1 Å². The molecule has 0 amide bonds. The molecule has 28 heteroatoms. The number of nitrogen functional groups attached to an aromatic ring is 4. The van der Waals surface area contributed by atoms with Gasteiger partial charge in [0.2, 0.25) is 0 Å².